The van der Waals surface area contributed by atoms with E-state index < -0.39 is 6.09 Å². The summed E-state index contributed by atoms with van der Waals surface area (Å²) in [5, 5.41) is 0. The normalized spacial score (nSPS) is 9.38. The van der Waals surface area contributed by atoms with E-state index in [4.69, 9.17) is 4.74 Å². The van der Waals surface area contributed by atoms with Crippen molar-refractivity contribution in [1.82, 2.24) is 4.90 Å². The van der Waals surface area contributed by atoms with Crippen LogP contribution in [0.15, 0.2) is 24.3 Å². The number of ether oxygens (including phenoxy) is 2. The Morgan fingerprint density at radius 2 is 2.12 bits per heavy atom. The minimum Gasteiger partial charge on any atom is -0.472 e. The maximum Gasteiger partial charge on any atom is 0.411 e. The van der Waals surface area contributed by atoms with Gasteiger partial charge in [0.1, 0.15) is 5.75 Å². The molecule has 1 aromatic rings. The van der Waals surface area contributed by atoms with Crippen molar-refractivity contribution in [3.63, 3.8) is 0 Å². The van der Waals surface area contributed by atoms with E-state index in [1.54, 1.807) is 24.3 Å². The lowest BCUT2D eigenvalue weighted by Gasteiger charge is -2.16. The second-order valence-electron chi connectivity index (χ2n) is 3.10. The third-order valence-electron chi connectivity index (χ3n) is 1.95. The summed E-state index contributed by atoms with van der Waals surface area (Å²) in [4.78, 5) is 23.0. The van der Waals surface area contributed by atoms with Crippen molar-refractivity contribution >= 4 is 12.4 Å². The molecule has 0 aliphatic rings. The summed E-state index contributed by atoms with van der Waals surface area (Å²) in [5.41, 5.74) is 0.445. The molecule has 1 rings (SSSR count). The molecule has 0 saturated heterocycles. The number of nitrogens with zero attached hydrogens (tertiary/aromatic N) is 1. The lowest BCUT2D eigenvalue weighted by atomic mass is 10.2. The highest BCUT2D eigenvalue weighted by Crippen LogP contribution is 2.15. The van der Waals surface area contributed by atoms with Crippen LogP contribution in [0.1, 0.15) is 10.4 Å². The van der Waals surface area contributed by atoms with E-state index in [0.29, 0.717) is 17.6 Å². The predicted molar refractivity (Wildman–Crippen MR) is 57.5 cm³/mol. The van der Waals surface area contributed by atoms with Gasteiger partial charge in [0.25, 0.3) is 0 Å². The molecule has 16 heavy (non-hydrogen) atoms. The zero-order valence-corrected chi connectivity index (χ0v) is 9.17. The Balaban J connectivity index is 2.60. The second kappa shape index (κ2) is 5.75. The summed E-state index contributed by atoms with van der Waals surface area (Å²) in [5.74, 6) is 0.438. The third kappa shape index (κ3) is 2.98. The number of para-hydroxylation sites is 1. The lowest BCUT2D eigenvalue weighted by molar-refractivity contribution is 0.0973. The summed E-state index contributed by atoms with van der Waals surface area (Å²) in [6.45, 7) is 0.0253. The van der Waals surface area contributed by atoms with Crippen LogP contribution in [0.3, 0.4) is 0 Å². The highest BCUT2D eigenvalue weighted by Gasteiger charge is 2.09. The number of hydrogen-bond acceptors (Lipinski definition) is 4. The van der Waals surface area contributed by atoms with Crippen molar-refractivity contribution in [1.29, 1.82) is 0 Å². The largest absolute Gasteiger partial charge is 0.472 e. The number of hydrogen-bond donors (Lipinski definition) is 0. The molecular weight excluding hydrogens is 210 g/mol. The predicted octanol–water partition coefficient (Wildman–Crippen LogP) is 1.53. The fraction of sp³-hybridized carbons (Fsp3) is 0.273. The van der Waals surface area contributed by atoms with E-state index in [2.05, 4.69) is 4.74 Å². The molecule has 86 valence electrons. The maximum atomic E-state index is 11.0. The van der Waals surface area contributed by atoms with E-state index in [-0.39, 0.29) is 6.73 Å². The Morgan fingerprint density at radius 3 is 2.75 bits per heavy atom. The van der Waals surface area contributed by atoms with Crippen LogP contribution in [0.25, 0.3) is 0 Å². The van der Waals surface area contributed by atoms with Gasteiger partial charge in [0, 0.05) is 7.05 Å². The molecule has 5 nitrogen and oxygen atoms in total. The number of methoxy groups -OCH3 is 1. The Kier molecular flexibility index (Phi) is 4.32. The van der Waals surface area contributed by atoms with Crippen LogP contribution in [-0.2, 0) is 4.74 Å². The number of carbonyl (C=O) groups excluding carboxylic acids is 2. The number of benzene rings is 1. The fourth-order valence-corrected chi connectivity index (χ4v) is 1.08. The Hall–Kier alpha value is -2.04. The smallest absolute Gasteiger partial charge is 0.411 e. The fourth-order valence-electron chi connectivity index (χ4n) is 1.08. The van der Waals surface area contributed by atoms with Crippen molar-refractivity contribution < 1.29 is 19.1 Å². The molecule has 0 aliphatic heterocycles. The van der Waals surface area contributed by atoms with Gasteiger partial charge in [0.15, 0.2) is 13.0 Å². The summed E-state index contributed by atoms with van der Waals surface area (Å²) in [6.07, 6.45) is 0.205. The number of carbonyl (C=O) groups is 2. The molecule has 0 saturated carbocycles. The number of amides is 1. The van der Waals surface area contributed by atoms with Crippen molar-refractivity contribution in [2.24, 2.45) is 0 Å². The van der Waals surface area contributed by atoms with Gasteiger partial charge in [0.05, 0.1) is 12.7 Å². The van der Waals surface area contributed by atoms with Gasteiger partial charge in [-0.05, 0) is 12.1 Å². The van der Waals surface area contributed by atoms with E-state index in [9.17, 15) is 9.59 Å². The van der Waals surface area contributed by atoms with Crippen molar-refractivity contribution in [2.75, 3.05) is 20.9 Å². The number of aldehydes is 1. The second-order valence-corrected chi connectivity index (χ2v) is 3.10. The van der Waals surface area contributed by atoms with E-state index in [1.165, 1.54) is 19.1 Å². The minimum absolute atomic E-state index is 0.0253. The van der Waals surface area contributed by atoms with Gasteiger partial charge >= 0.3 is 6.09 Å². The van der Waals surface area contributed by atoms with Crippen LogP contribution < -0.4 is 4.74 Å². The highest BCUT2D eigenvalue weighted by molar-refractivity contribution is 5.79. The lowest BCUT2D eigenvalue weighted by Crippen LogP contribution is -2.30. The minimum atomic E-state index is -0.497. The molecule has 1 amide bonds. The molecule has 0 radical (unpaired) electrons. The number of rotatable bonds is 4. The van der Waals surface area contributed by atoms with Gasteiger partial charge in [-0.1, -0.05) is 12.1 Å². The van der Waals surface area contributed by atoms with Crippen molar-refractivity contribution in [2.45, 2.75) is 0 Å². The quantitative estimate of drug-likeness (QED) is 0.573. The summed E-state index contributed by atoms with van der Waals surface area (Å²) in [7, 11) is 2.83. The maximum absolute atomic E-state index is 11.0. The van der Waals surface area contributed by atoms with Gasteiger partial charge in [-0.3, -0.25) is 9.69 Å². The molecule has 0 N–H and O–H groups in total. The molecule has 0 aromatic heterocycles. The van der Waals surface area contributed by atoms with Gasteiger partial charge < -0.3 is 9.47 Å². The Labute approximate surface area is 93.6 Å². The first kappa shape index (κ1) is 12.0. The van der Waals surface area contributed by atoms with E-state index in [0.717, 1.165) is 0 Å². The summed E-state index contributed by atoms with van der Waals surface area (Å²) in [6, 6.07) is 6.79. The van der Waals surface area contributed by atoms with Crippen LogP contribution >= 0.6 is 0 Å². The van der Waals surface area contributed by atoms with Crippen LogP contribution in [0.4, 0.5) is 4.79 Å². The first-order valence-corrected chi connectivity index (χ1v) is 4.65. The van der Waals surface area contributed by atoms with Gasteiger partial charge in [-0.25, -0.2) is 4.79 Å². The van der Waals surface area contributed by atoms with Crippen LogP contribution in [0.5, 0.6) is 5.75 Å². The molecule has 0 bridgehead atoms. The summed E-state index contributed by atoms with van der Waals surface area (Å²) >= 11 is 0. The van der Waals surface area contributed by atoms with Gasteiger partial charge in [-0.2, -0.15) is 0 Å². The SMILES string of the molecule is COC(=O)N(C)COc1ccccc1C=O. The summed E-state index contributed by atoms with van der Waals surface area (Å²) < 4.78 is 9.80. The topological polar surface area (TPSA) is 55.8 Å². The average Bonchev–Trinajstić information content (AvgIpc) is 2.35. The Morgan fingerprint density at radius 1 is 1.44 bits per heavy atom. The first-order valence-electron chi connectivity index (χ1n) is 4.65. The monoisotopic (exact) mass is 223 g/mol. The molecule has 0 spiro atoms. The zero-order chi connectivity index (χ0) is 12.0. The van der Waals surface area contributed by atoms with Crippen LogP contribution in [-0.4, -0.2) is 38.2 Å². The van der Waals surface area contributed by atoms with E-state index in [1.807, 2.05) is 0 Å². The first-order chi connectivity index (χ1) is 7.69. The molecule has 1 aromatic carbocycles. The van der Waals surface area contributed by atoms with Crippen molar-refractivity contribution in [3.05, 3.63) is 29.8 Å². The van der Waals surface area contributed by atoms with E-state index >= 15 is 0 Å². The standard InChI is InChI=1S/C11H13NO4/c1-12(11(14)15-2)8-16-10-6-4-3-5-9(10)7-13/h3-7H,8H2,1-2H3. The zero-order valence-electron chi connectivity index (χ0n) is 9.17. The Bertz CT molecular complexity index is 378. The van der Waals surface area contributed by atoms with Crippen LogP contribution in [0, 0.1) is 0 Å². The molecule has 0 aliphatic carbocycles. The molecule has 5 heteroatoms. The average molecular weight is 223 g/mol. The molecule has 0 atom stereocenters. The third-order valence-corrected chi connectivity index (χ3v) is 1.95. The molecule has 0 heterocycles. The van der Waals surface area contributed by atoms with Crippen molar-refractivity contribution in [3.8, 4) is 5.75 Å². The highest BCUT2D eigenvalue weighted by atomic mass is 16.6. The van der Waals surface area contributed by atoms with Gasteiger partial charge in [0.2, 0.25) is 0 Å². The molecular formula is C11H13NO4. The van der Waals surface area contributed by atoms with Gasteiger partial charge in [-0.15, -0.1) is 0 Å². The van der Waals surface area contributed by atoms with Crippen LogP contribution in [0.2, 0.25) is 0 Å². The molecule has 0 unspecified atom stereocenters. The molecule has 0 fully saturated rings.